The van der Waals surface area contributed by atoms with Crippen molar-refractivity contribution in [1.29, 1.82) is 0 Å². The van der Waals surface area contributed by atoms with Gasteiger partial charge in [0.1, 0.15) is 17.6 Å². The molecule has 9 nitrogen and oxygen atoms in total. The first-order valence-electron chi connectivity index (χ1n) is 11.2. The Hall–Kier alpha value is -4.79. The maximum absolute atomic E-state index is 12.5. The third-order valence-corrected chi connectivity index (χ3v) is 5.37. The van der Waals surface area contributed by atoms with Gasteiger partial charge >= 0.3 is 5.97 Å². The van der Waals surface area contributed by atoms with E-state index in [1.807, 2.05) is 65.5 Å². The number of ether oxygens (including phenoxy) is 2. The van der Waals surface area contributed by atoms with Crippen LogP contribution in [0.2, 0.25) is 0 Å². The number of carbonyl (C=O) groups excluding carboxylic acids is 1. The number of carbonyl (C=O) groups is 1. The zero-order valence-electron chi connectivity index (χ0n) is 19.8. The molecule has 0 radical (unpaired) electrons. The molecular weight excluding hydrogens is 460 g/mol. The molecule has 2 heterocycles. The number of nitro groups is 1. The number of benzene rings is 2. The van der Waals surface area contributed by atoms with Gasteiger partial charge in [0.25, 0.3) is 5.69 Å². The minimum atomic E-state index is -0.682. The smallest absolute Gasteiger partial charge is 0.340 e. The van der Waals surface area contributed by atoms with Crippen LogP contribution in [0.25, 0.3) is 23.4 Å². The molecule has 36 heavy (non-hydrogen) atoms. The van der Waals surface area contributed by atoms with Gasteiger partial charge in [-0.15, -0.1) is 0 Å². The summed E-state index contributed by atoms with van der Waals surface area (Å²) in [6, 6.07) is 18.7. The van der Waals surface area contributed by atoms with E-state index in [1.165, 1.54) is 6.07 Å². The molecule has 0 aliphatic heterocycles. The summed E-state index contributed by atoms with van der Waals surface area (Å²) in [5.41, 5.74) is 3.29. The first-order valence-corrected chi connectivity index (χ1v) is 11.2. The van der Waals surface area contributed by atoms with Crippen molar-refractivity contribution in [1.82, 2.24) is 14.8 Å². The van der Waals surface area contributed by atoms with Gasteiger partial charge in [-0.2, -0.15) is 5.10 Å². The summed E-state index contributed by atoms with van der Waals surface area (Å²) < 4.78 is 12.5. The lowest BCUT2D eigenvalue weighted by atomic mass is 10.1. The fraction of sp³-hybridized carbons (Fsp3) is 0.148. The topological polar surface area (TPSA) is 109 Å². The molecule has 0 bridgehead atoms. The van der Waals surface area contributed by atoms with Crippen LogP contribution in [-0.4, -0.2) is 39.4 Å². The Morgan fingerprint density at radius 2 is 1.86 bits per heavy atom. The highest BCUT2D eigenvalue weighted by molar-refractivity contribution is 5.95. The van der Waals surface area contributed by atoms with E-state index in [9.17, 15) is 14.9 Å². The number of methoxy groups -OCH3 is 1. The normalized spacial score (nSPS) is 10.9. The second-order valence-corrected chi connectivity index (χ2v) is 7.75. The van der Waals surface area contributed by atoms with Crippen molar-refractivity contribution in [3.05, 3.63) is 106 Å². The number of nitrogens with zero attached hydrogens (tertiary/aromatic N) is 4. The molecule has 2 aromatic carbocycles. The summed E-state index contributed by atoms with van der Waals surface area (Å²) in [4.78, 5) is 27.2. The van der Waals surface area contributed by atoms with E-state index in [2.05, 4.69) is 4.98 Å². The summed E-state index contributed by atoms with van der Waals surface area (Å²) in [5, 5.41) is 16.0. The van der Waals surface area contributed by atoms with E-state index in [1.54, 1.807) is 26.2 Å². The van der Waals surface area contributed by atoms with E-state index in [-0.39, 0.29) is 23.6 Å². The molecule has 0 saturated heterocycles. The van der Waals surface area contributed by atoms with Crippen molar-refractivity contribution in [3.8, 4) is 17.0 Å². The van der Waals surface area contributed by atoms with Gasteiger partial charge in [-0.3, -0.25) is 14.8 Å². The fourth-order valence-corrected chi connectivity index (χ4v) is 3.70. The number of pyridine rings is 1. The molecule has 0 fully saturated rings. The van der Waals surface area contributed by atoms with Gasteiger partial charge in [-0.05, 0) is 36.8 Å². The summed E-state index contributed by atoms with van der Waals surface area (Å²) in [7, 11) is 1.60. The third-order valence-electron chi connectivity index (χ3n) is 5.37. The Morgan fingerprint density at radius 3 is 2.58 bits per heavy atom. The Morgan fingerprint density at radius 1 is 1.11 bits per heavy atom. The molecule has 0 N–H and O–H groups in total. The van der Waals surface area contributed by atoms with Crippen molar-refractivity contribution in [2.24, 2.45) is 0 Å². The predicted molar refractivity (Wildman–Crippen MR) is 136 cm³/mol. The maximum atomic E-state index is 12.5. The molecule has 0 aliphatic rings. The number of esters is 1. The highest BCUT2D eigenvalue weighted by Gasteiger charge is 2.19. The van der Waals surface area contributed by atoms with Crippen LogP contribution < -0.4 is 4.74 Å². The van der Waals surface area contributed by atoms with Gasteiger partial charge in [0.2, 0.25) is 0 Å². The van der Waals surface area contributed by atoms with Crippen LogP contribution in [0.15, 0.2) is 73.1 Å². The molecule has 0 amide bonds. The van der Waals surface area contributed by atoms with Crippen LogP contribution in [0.1, 0.15) is 34.1 Å². The SMILES string of the molecule is CCOC(=O)c1cc([N+](=O)[O-])cnc1C=Cc1cn(Cc2ccccc2)nc1-c1ccccc1OC. The highest BCUT2D eigenvalue weighted by atomic mass is 16.6. The van der Waals surface area contributed by atoms with Crippen molar-refractivity contribution in [2.75, 3.05) is 13.7 Å². The minimum Gasteiger partial charge on any atom is -0.496 e. The van der Waals surface area contributed by atoms with Crippen molar-refractivity contribution < 1.29 is 19.2 Å². The molecule has 2 aromatic heterocycles. The average Bonchev–Trinajstić information content (AvgIpc) is 3.30. The lowest BCUT2D eigenvalue weighted by Gasteiger charge is -2.07. The number of rotatable bonds is 9. The van der Waals surface area contributed by atoms with Crippen molar-refractivity contribution in [3.63, 3.8) is 0 Å². The Labute approximate surface area is 207 Å². The highest BCUT2D eigenvalue weighted by Crippen LogP contribution is 2.32. The standard InChI is InChI=1S/C27H24N4O5/c1-3-36-27(32)23-15-21(31(33)34)16-28-24(23)14-13-20-18-30(17-19-9-5-4-6-10-19)29-26(20)22-11-7-8-12-25(22)35-2/h4-16,18H,3,17H2,1-2H3. The summed E-state index contributed by atoms with van der Waals surface area (Å²) in [5.74, 6) is -0.0177. The zero-order valence-corrected chi connectivity index (χ0v) is 19.8. The molecule has 0 aliphatic carbocycles. The summed E-state index contributed by atoms with van der Waals surface area (Å²) in [6.45, 7) is 2.36. The monoisotopic (exact) mass is 484 g/mol. The first-order chi connectivity index (χ1) is 17.5. The fourth-order valence-electron chi connectivity index (χ4n) is 3.70. The van der Waals surface area contributed by atoms with Crippen LogP contribution >= 0.6 is 0 Å². The number of aromatic nitrogens is 3. The van der Waals surface area contributed by atoms with E-state index in [4.69, 9.17) is 14.6 Å². The summed E-state index contributed by atoms with van der Waals surface area (Å²) in [6.07, 6.45) is 6.40. The molecule has 0 atom stereocenters. The molecule has 182 valence electrons. The van der Waals surface area contributed by atoms with Gasteiger partial charge < -0.3 is 9.47 Å². The average molecular weight is 485 g/mol. The number of hydrogen-bond donors (Lipinski definition) is 0. The van der Waals surface area contributed by atoms with E-state index >= 15 is 0 Å². The van der Waals surface area contributed by atoms with Crippen LogP contribution in [0.4, 0.5) is 5.69 Å². The van der Waals surface area contributed by atoms with Crippen molar-refractivity contribution in [2.45, 2.75) is 13.5 Å². The Balaban J connectivity index is 1.78. The van der Waals surface area contributed by atoms with Crippen LogP contribution in [0, 0.1) is 10.1 Å². The van der Waals surface area contributed by atoms with Gasteiger partial charge in [-0.25, -0.2) is 9.78 Å². The predicted octanol–water partition coefficient (Wildman–Crippen LogP) is 5.26. The number of para-hydroxylation sites is 1. The van der Waals surface area contributed by atoms with Crippen LogP contribution in [0.5, 0.6) is 5.75 Å². The van der Waals surface area contributed by atoms with Gasteiger partial charge in [0.05, 0.1) is 36.4 Å². The molecular formula is C27H24N4O5. The van der Waals surface area contributed by atoms with Gasteiger partial charge in [0.15, 0.2) is 0 Å². The first kappa shape index (κ1) is 24.3. The third kappa shape index (κ3) is 5.47. The van der Waals surface area contributed by atoms with Crippen LogP contribution in [0.3, 0.4) is 0 Å². The lowest BCUT2D eigenvalue weighted by molar-refractivity contribution is -0.385. The van der Waals surface area contributed by atoms with E-state index in [0.717, 1.165) is 22.9 Å². The summed E-state index contributed by atoms with van der Waals surface area (Å²) >= 11 is 0. The van der Waals surface area contributed by atoms with Gasteiger partial charge in [-0.1, -0.05) is 42.5 Å². The molecule has 0 spiro atoms. The molecule has 4 rings (SSSR count). The molecule has 0 saturated carbocycles. The van der Waals surface area contributed by atoms with Gasteiger partial charge in [0, 0.05) is 23.4 Å². The largest absolute Gasteiger partial charge is 0.496 e. The molecule has 4 aromatic rings. The zero-order chi connectivity index (χ0) is 25.5. The Bertz CT molecular complexity index is 1410. The quantitative estimate of drug-likeness (QED) is 0.181. The second-order valence-electron chi connectivity index (χ2n) is 7.75. The van der Waals surface area contributed by atoms with E-state index < -0.39 is 10.9 Å². The van der Waals surface area contributed by atoms with Crippen molar-refractivity contribution >= 4 is 23.8 Å². The Kier molecular flexibility index (Phi) is 7.50. The molecule has 0 unspecified atom stereocenters. The minimum absolute atomic E-state index is 0.0119. The maximum Gasteiger partial charge on any atom is 0.340 e. The lowest BCUT2D eigenvalue weighted by Crippen LogP contribution is -2.08. The molecule has 9 heteroatoms. The number of hydrogen-bond acceptors (Lipinski definition) is 7. The van der Waals surface area contributed by atoms with E-state index in [0.29, 0.717) is 18.0 Å². The van der Waals surface area contributed by atoms with Crippen LogP contribution in [-0.2, 0) is 11.3 Å². The second kappa shape index (κ2) is 11.1.